The number of hydrogen-bond acceptors (Lipinski definition) is 10. The molecule has 0 amide bonds. The van der Waals surface area contributed by atoms with Crippen LogP contribution in [0, 0.1) is 0 Å². The molecule has 0 bridgehead atoms. The Kier molecular flexibility index (Phi) is 9.49. The lowest BCUT2D eigenvalue weighted by atomic mass is 10.5. The number of hydrogen-bond donors (Lipinski definition) is 2. The third kappa shape index (κ3) is 6.61. The number of aromatic nitrogens is 4. The van der Waals surface area contributed by atoms with Gasteiger partial charge in [-0.2, -0.15) is 9.97 Å². The summed E-state index contributed by atoms with van der Waals surface area (Å²) in [4.78, 5) is 16.8. The van der Waals surface area contributed by atoms with Gasteiger partial charge in [0.05, 0.1) is 0 Å². The average molecular weight is 465 g/mol. The van der Waals surface area contributed by atoms with Gasteiger partial charge in [0.2, 0.25) is 11.8 Å². The van der Waals surface area contributed by atoms with E-state index in [1.165, 1.54) is 23.5 Å². The van der Waals surface area contributed by atoms with Crippen molar-refractivity contribution >= 4 is 58.1 Å². The Balaban J connectivity index is 1.97. The van der Waals surface area contributed by atoms with Crippen LogP contribution in [0.4, 0.5) is 11.4 Å². The van der Waals surface area contributed by atoms with E-state index in [1.54, 1.807) is 0 Å². The van der Waals surface area contributed by atoms with Crippen molar-refractivity contribution in [2.75, 3.05) is 36.2 Å². The smallest absolute Gasteiger partial charge is 0.243 e. The minimum Gasteiger partial charge on any atom is -0.472 e. The maximum atomic E-state index is 6.05. The molecule has 2 aromatic rings. The van der Waals surface area contributed by atoms with Gasteiger partial charge in [-0.05, 0) is 12.8 Å². The fraction of sp³-hybridized carbons (Fsp3) is 0.500. The molecule has 0 aliphatic heterocycles. The number of nitrogens with two attached hydrogens (primary N) is 2. The van der Waals surface area contributed by atoms with Crippen molar-refractivity contribution in [3.8, 4) is 11.8 Å². The standard InChI is InChI=1S/C16H22Cl2N6O2S2/c1-3-7-27-15-21-11(17)9(19)13(23-15)25-5-6-26-14-10(20)12(18)22-16(24-14)28-8-4-2/h3-8,19-20H2,1-2H3. The molecule has 12 heteroatoms. The Labute approximate surface area is 182 Å². The van der Waals surface area contributed by atoms with Crippen molar-refractivity contribution in [3.05, 3.63) is 10.3 Å². The third-order valence-electron chi connectivity index (χ3n) is 3.12. The summed E-state index contributed by atoms with van der Waals surface area (Å²) in [6.45, 7) is 4.46. The Hall–Kier alpha value is -1.36. The van der Waals surface area contributed by atoms with Crippen LogP contribution < -0.4 is 20.9 Å². The van der Waals surface area contributed by atoms with Crippen LogP contribution in [0.5, 0.6) is 11.8 Å². The predicted molar refractivity (Wildman–Crippen MR) is 116 cm³/mol. The molecular formula is C16H22Cl2N6O2S2. The van der Waals surface area contributed by atoms with E-state index in [0.717, 1.165) is 24.3 Å². The second-order valence-corrected chi connectivity index (χ2v) is 8.27. The number of halogens is 2. The van der Waals surface area contributed by atoms with Gasteiger partial charge < -0.3 is 20.9 Å². The van der Waals surface area contributed by atoms with E-state index < -0.39 is 0 Å². The van der Waals surface area contributed by atoms with Crippen LogP contribution in [0.2, 0.25) is 10.3 Å². The van der Waals surface area contributed by atoms with E-state index in [1.807, 2.05) is 0 Å². The minimum atomic E-state index is 0.161. The van der Waals surface area contributed by atoms with E-state index in [4.69, 9.17) is 44.1 Å². The Morgan fingerprint density at radius 2 is 1.14 bits per heavy atom. The number of thioether (sulfide) groups is 2. The highest BCUT2D eigenvalue weighted by atomic mass is 35.5. The van der Waals surface area contributed by atoms with Crippen molar-refractivity contribution in [1.29, 1.82) is 0 Å². The number of rotatable bonds is 11. The lowest BCUT2D eigenvalue weighted by Gasteiger charge is -2.12. The number of ether oxygens (including phenoxy) is 2. The zero-order valence-corrected chi connectivity index (χ0v) is 18.7. The summed E-state index contributed by atoms with van der Waals surface area (Å²) in [6.07, 6.45) is 1.98. The zero-order valence-electron chi connectivity index (χ0n) is 15.6. The van der Waals surface area contributed by atoms with Crippen LogP contribution in [0.15, 0.2) is 10.3 Å². The summed E-state index contributed by atoms with van der Waals surface area (Å²) in [6, 6.07) is 0. The first kappa shape index (κ1) is 22.9. The van der Waals surface area contributed by atoms with E-state index in [9.17, 15) is 0 Å². The molecule has 8 nitrogen and oxygen atoms in total. The van der Waals surface area contributed by atoms with Crippen molar-refractivity contribution < 1.29 is 9.47 Å². The quantitative estimate of drug-likeness (QED) is 0.216. The van der Waals surface area contributed by atoms with Gasteiger partial charge in [0.25, 0.3) is 0 Å². The molecule has 0 saturated carbocycles. The Bertz CT molecular complexity index is 735. The highest BCUT2D eigenvalue weighted by molar-refractivity contribution is 7.99. The molecule has 28 heavy (non-hydrogen) atoms. The van der Waals surface area contributed by atoms with Gasteiger partial charge in [-0.15, -0.1) is 0 Å². The van der Waals surface area contributed by atoms with Crippen molar-refractivity contribution in [1.82, 2.24) is 19.9 Å². The van der Waals surface area contributed by atoms with Gasteiger partial charge >= 0.3 is 0 Å². The highest BCUT2D eigenvalue weighted by Crippen LogP contribution is 2.30. The van der Waals surface area contributed by atoms with E-state index in [-0.39, 0.29) is 46.7 Å². The Morgan fingerprint density at radius 1 is 0.750 bits per heavy atom. The average Bonchev–Trinajstić information content (AvgIpc) is 2.68. The molecule has 4 N–H and O–H groups in total. The maximum Gasteiger partial charge on any atom is 0.243 e. The molecule has 0 aromatic carbocycles. The van der Waals surface area contributed by atoms with E-state index in [2.05, 4.69) is 33.8 Å². The van der Waals surface area contributed by atoms with Crippen LogP contribution in [-0.4, -0.2) is 44.7 Å². The summed E-state index contributed by atoms with van der Waals surface area (Å²) in [5.41, 5.74) is 12.2. The SMILES string of the molecule is CCCSc1nc(Cl)c(N)c(OCCOc2nc(SCCC)nc(Cl)c2N)n1. The molecule has 2 heterocycles. The number of nitrogens with zero attached hydrogens (tertiary/aromatic N) is 4. The molecule has 0 fully saturated rings. The highest BCUT2D eigenvalue weighted by Gasteiger charge is 2.14. The lowest BCUT2D eigenvalue weighted by molar-refractivity contribution is 0.206. The largest absolute Gasteiger partial charge is 0.472 e. The number of anilines is 2. The molecule has 0 radical (unpaired) electrons. The molecule has 2 rings (SSSR count). The van der Waals surface area contributed by atoms with Crippen molar-refractivity contribution in [3.63, 3.8) is 0 Å². The normalized spacial score (nSPS) is 10.9. The predicted octanol–water partition coefficient (Wildman–Crippen LogP) is 4.20. The first-order valence-electron chi connectivity index (χ1n) is 8.63. The van der Waals surface area contributed by atoms with Gasteiger partial charge in [-0.1, -0.05) is 60.6 Å². The molecule has 2 aromatic heterocycles. The first-order chi connectivity index (χ1) is 13.5. The molecule has 0 atom stereocenters. The molecule has 0 aliphatic rings. The summed E-state index contributed by atoms with van der Waals surface area (Å²) < 4.78 is 11.2. The van der Waals surface area contributed by atoms with Crippen LogP contribution >= 0.6 is 46.7 Å². The third-order valence-corrected chi connectivity index (χ3v) is 5.80. The summed E-state index contributed by atoms with van der Waals surface area (Å²) in [5, 5.41) is 1.35. The fourth-order valence-corrected chi connectivity index (χ4v) is 3.62. The monoisotopic (exact) mass is 464 g/mol. The van der Waals surface area contributed by atoms with E-state index in [0.29, 0.717) is 10.3 Å². The summed E-state index contributed by atoms with van der Waals surface area (Å²) in [5.74, 6) is 2.18. The van der Waals surface area contributed by atoms with Gasteiger partial charge in [0, 0.05) is 11.5 Å². The lowest BCUT2D eigenvalue weighted by Crippen LogP contribution is -2.13. The van der Waals surface area contributed by atoms with Crippen molar-refractivity contribution in [2.24, 2.45) is 0 Å². The zero-order chi connectivity index (χ0) is 20.5. The Morgan fingerprint density at radius 3 is 1.50 bits per heavy atom. The molecular weight excluding hydrogens is 443 g/mol. The van der Waals surface area contributed by atoms with Gasteiger partial charge in [-0.3, -0.25) is 0 Å². The molecule has 0 saturated heterocycles. The fourth-order valence-electron chi connectivity index (χ4n) is 1.82. The minimum absolute atomic E-state index is 0.161. The van der Waals surface area contributed by atoms with Crippen LogP contribution in [0.3, 0.4) is 0 Å². The second-order valence-electron chi connectivity index (χ2n) is 5.43. The van der Waals surface area contributed by atoms with E-state index >= 15 is 0 Å². The van der Waals surface area contributed by atoms with Crippen LogP contribution in [0.1, 0.15) is 26.7 Å². The van der Waals surface area contributed by atoms with Gasteiger partial charge in [0.15, 0.2) is 20.6 Å². The van der Waals surface area contributed by atoms with Crippen molar-refractivity contribution in [2.45, 2.75) is 37.0 Å². The van der Waals surface area contributed by atoms with Gasteiger partial charge in [-0.25, -0.2) is 9.97 Å². The molecule has 154 valence electrons. The molecule has 0 spiro atoms. The first-order valence-corrected chi connectivity index (χ1v) is 11.4. The second kappa shape index (κ2) is 11.6. The summed E-state index contributed by atoms with van der Waals surface area (Å²) in [7, 11) is 0. The summed E-state index contributed by atoms with van der Waals surface area (Å²) >= 11 is 15.1. The number of nitrogen functional groups attached to an aromatic ring is 2. The van der Waals surface area contributed by atoms with Crippen LogP contribution in [0.25, 0.3) is 0 Å². The maximum absolute atomic E-state index is 6.05. The van der Waals surface area contributed by atoms with Gasteiger partial charge in [0.1, 0.15) is 24.6 Å². The van der Waals surface area contributed by atoms with Crippen LogP contribution in [-0.2, 0) is 0 Å². The topological polar surface area (TPSA) is 122 Å². The molecule has 0 unspecified atom stereocenters. The molecule has 0 aliphatic carbocycles.